The molecule has 156 valence electrons. The molecule has 0 rings (SSSR count). The van der Waals surface area contributed by atoms with E-state index in [-0.39, 0.29) is 6.42 Å². The fraction of sp³-hybridized carbons (Fsp3) is 0.923. The van der Waals surface area contributed by atoms with Crippen LogP contribution in [-0.2, 0) is 19.6 Å². The Labute approximate surface area is 151 Å². The summed E-state index contributed by atoms with van der Waals surface area (Å²) in [7, 11) is -6.94. The minimum atomic E-state index is -6.94. The van der Waals surface area contributed by atoms with Crippen LogP contribution < -0.4 is 0 Å². The third kappa shape index (κ3) is 6.15. The number of unbranched alkanes of at least 4 members (excludes halogenated alkanes) is 6. The van der Waals surface area contributed by atoms with E-state index < -0.39 is 39.8 Å². The maximum Gasteiger partial charge on any atom is 0.430 e. The van der Waals surface area contributed by atoms with Gasteiger partial charge in [0, 0.05) is 5.88 Å². The standard InChI is InChI=1S/C13H19ClF6O5S/c14-8-6-4-2-1-3-5-7-9-25-10(21)11(12(15,16)17,13(18,19)20)26(22,23)24/h1-9H2,(H,22,23,24). The fourth-order valence-electron chi connectivity index (χ4n) is 2.14. The summed E-state index contributed by atoms with van der Waals surface area (Å²) in [6.07, 6.45) is -9.11. The largest absolute Gasteiger partial charge is 0.464 e. The molecule has 13 heteroatoms. The first-order chi connectivity index (χ1) is 11.7. The normalized spacial score (nSPS) is 13.7. The molecule has 0 aliphatic rings. The molecule has 5 nitrogen and oxygen atoms in total. The van der Waals surface area contributed by atoms with Crippen molar-refractivity contribution in [3.8, 4) is 0 Å². The van der Waals surface area contributed by atoms with Gasteiger partial charge in [0.25, 0.3) is 0 Å². The van der Waals surface area contributed by atoms with Crippen molar-refractivity contribution in [3.05, 3.63) is 0 Å². The van der Waals surface area contributed by atoms with E-state index in [2.05, 4.69) is 4.74 Å². The summed E-state index contributed by atoms with van der Waals surface area (Å²) in [6, 6.07) is 0. The molecule has 0 saturated carbocycles. The van der Waals surface area contributed by atoms with Crippen molar-refractivity contribution in [2.75, 3.05) is 12.5 Å². The maximum absolute atomic E-state index is 12.8. The Kier molecular flexibility index (Phi) is 9.69. The van der Waals surface area contributed by atoms with E-state index in [1.54, 1.807) is 0 Å². The Morgan fingerprint density at radius 1 is 0.846 bits per heavy atom. The Balaban J connectivity index is 4.85. The lowest BCUT2D eigenvalue weighted by molar-refractivity contribution is -0.268. The Morgan fingerprint density at radius 3 is 1.58 bits per heavy atom. The van der Waals surface area contributed by atoms with E-state index in [4.69, 9.17) is 16.2 Å². The number of carbonyl (C=O) groups is 1. The van der Waals surface area contributed by atoms with Crippen LogP contribution in [0.5, 0.6) is 0 Å². The number of rotatable bonds is 11. The van der Waals surface area contributed by atoms with E-state index in [1.165, 1.54) is 0 Å². The second kappa shape index (κ2) is 9.98. The zero-order chi connectivity index (χ0) is 20.6. The molecule has 0 aromatic rings. The predicted octanol–water partition coefficient (Wildman–Crippen LogP) is 4.25. The van der Waals surface area contributed by atoms with E-state index >= 15 is 0 Å². The molecule has 0 bridgehead atoms. The molecule has 0 aliphatic heterocycles. The average molecular weight is 437 g/mol. The minimum absolute atomic E-state index is 0.0570. The van der Waals surface area contributed by atoms with Gasteiger partial charge in [-0.2, -0.15) is 34.8 Å². The van der Waals surface area contributed by atoms with Crippen LogP contribution in [0.3, 0.4) is 0 Å². The van der Waals surface area contributed by atoms with Crippen LogP contribution in [0.15, 0.2) is 0 Å². The second-order valence-electron chi connectivity index (χ2n) is 5.45. The van der Waals surface area contributed by atoms with Gasteiger partial charge >= 0.3 is 33.2 Å². The number of carbonyl (C=O) groups excluding carboxylic acids is 1. The van der Waals surface area contributed by atoms with E-state index in [0.717, 1.165) is 25.7 Å². The molecule has 0 amide bonds. The summed E-state index contributed by atoms with van der Waals surface area (Å²) in [6.45, 7) is -0.843. The highest BCUT2D eigenvalue weighted by molar-refractivity contribution is 7.88. The van der Waals surface area contributed by atoms with Gasteiger partial charge in [0.2, 0.25) is 0 Å². The van der Waals surface area contributed by atoms with Crippen molar-refractivity contribution in [1.82, 2.24) is 0 Å². The smallest absolute Gasteiger partial charge is 0.430 e. The molecule has 1 N–H and O–H groups in total. The van der Waals surface area contributed by atoms with Crippen LogP contribution >= 0.6 is 11.6 Å². The summed E-state index contributed by atoms with van der Waals surface area (Å²) in [5, 5.41) is 0. The Morgan fingerprint density at radius 2 is 1.23 bits per heavy atom. The molecule has 0 aromatic heterocycles. The van der Waals surface area contributed by atoms with Crippen LogP contribution in [0, 0.1) is 0 Å². The molecule has 0 saturated heterocycles. The molecule has 0 aromatic carbocycles. The first-order valence-electron chi connectivity index (χ1n) is 7.57. The maximum atomic E-state index is 12.8. The number of halogens is 7. The summed E-state index contributed by atoms with van der Waals surface area (Å²) < 4.78 is 105. The first-order valence-corrected chi connectivity index (χ1v) is 9.54. The molecule has 0 spiro atoms. The zero-order valence-corrected chi connectivity index (χ0v) is 15.1. The van der Waals surface area contributed by atoms with Crippen molar-refractivity contribution < 1.29 is 48.8 Å². The Hall–Kier alpha value is -0.750. The van der Waals surface area contributed by atoms with Crippen LogP contribution in [0.25, 0.3) is 0 Å². The molecule has 0 unspecified atom stereocenters. The lowest BCUT2D eigenvalue weighted by Crippen LogP contribution is -2.67. The molecule has 0 aliphatic carbocycles. The van der Waals surface area contributed by atoms with Gasteiger partial charge in [-0.15, -0.1) is 11.6 Å². The molecule has 26 heavy (non-hydrogen) atoms. The van der Waals surface area contributed by atoms with Crippen LogP contribution in [0.1, 0.15) is 44.9 Å². The first kappa shape index (κ1) is 25.2. The monoisotopic (exact) mass is 436 g/mol. The second-order valence-corrected chi connectivity index (χ2v) is 7.39. The summed E-state index contributed by atoms with van der Waals surface area (Å²) >= 11 is 5.48. The molecular weight excluding hydrogens is 418 g/mol. The van der Waals surface area contributed by atoms with Crippen molar-refractivity contribution in [1.29, 1.82) is 0 Å². The van der Waals surface area contributed by atoms with Crippen molar-refractivity contribution >= 4 is 27.7 Å². The lowest BCUT2D eigenvalue weighted by atomic mass is 10.1. The van der Waals surface area contributed by atoms with Crippen molar-refractivity contribution in [2.24, 2.45) is 0 Å². The summed E-state index contributed by atoms with van der Waals surface area (Å²) in [5.74, 6) is -2.61. The van der Waals surface area contributed by atoms with Gasteiger partial charge in [-0.25, -0.2) is 4.79 Å². The molecule has 0 fully saturated rings. The third-order valence-electron chi connectivity index (χ3n) is 3.48. The topological polar surface area (TPSA) is 80.7 Å². The highest BCUT2D eigenvalue weighted by atomic mass is 35.5. The van der Waals surface area contributed by atoms with E-state index in [1.807, 2.05) is 0 Å². The molecule has 0 radical (unpaired) electrons. The van der Waals surface area contributed by atoms with Gasteiger partial charge < -0.3 is 4.74 Å². The average Bonchev–Trinajstić information content (AvgIpc) is 2.41. The van der Waals surface area contributed by atoms with Gasteiger partial charge in [-0.1, -0.05) is 32.1 Å². The van der Waals surface area contributed by atoms with Gasteiger partial charge in [-0.3, -0.25) is 4.55 Å². The predicted molar refractivity (Wildman–Crippen MR) is 80.4 cm³/mol. The number of hydrogen-bond acceptors (Lipinski definition) is 4. The highest BCUT2D eigenvalue weighted by Crippen LogP contribution is 2.49. The summed E-state index contributed by atoms with van der Waals surface area (Å²) in [4.78, 5) is 11.4. The van der Waals surface area contributed by atoms with E-state index in [9.17, 15) is 39.6 Å². The number of hydrogen-bond donors (Lipinski definition) is 1. The number of esters is 1. The number of alkyl halides is 7. The van der Waals surface area contributed by atoms with Crippen LogP contribution in [0.4, 0.5) is 26.3 Å². The minimum Gasteiger partial charge on any atom is -0.464 e. The zero-order valence-electron chi connectivity index (χ0n) is 13.5. The number of ether oxygens (including phenoxy) is 1. The van der Waals surface area contributed by atoms with Gasteiger partial charge in [0.05, 0.1) is 6.61 Å². The molecular formula is C13H19ClF6O5S. The fourth-order valence-corrected chi connectivity index (χ4v) is 3.18. The lowest BCUT2D eigenvalue weighted by Gasteiger charge is -2.31. The van der Waals surface area contributed by atoms with Gasteiger partial charge in [0.15, 0.2) is 0 Å². The molecule has 0 atom stereocenters. The van der Waals surface area contributed by atoms with Gasteiger partial charge in [0.1, 0.15) is 0 Å². The third-order valence-corrected chi connectivity index (χ3v) is 5.15. The van der Waals surface area contributed by atoms with Gasteiger partial charge in [-0.05, 0) is 12.8 Å². The summed E-state index contributed by atoms with van der Waals surface area (Å²) in [5.41, 5.74) is 0. The van der Waals surface area contributed by atoms with Crippen LogP contribution in [-0.4, -0.2) is 48.5 Å². The highest BCUT2D eigenvalue weighted by Gasteiger charge is 2.84. The SMILES string of the molecule is O=C(OCCCCCCCCCCl)C(C(F)(F)F)(C(F)(F)F)S(=O)(=O)O. The van der Waals surface area contributed by atoms with Crippen molar-refractivity contribution in [2.45, 2.75) is 62.0 Å². The van der Waals surface area contributed by atoms with E-state index in [0.29, 0.717) is 18.7 Å². The quantitative estimate of drug-likeness (QED) is 0.172. The Bertz CT molecular complexity index is 532. The van der Waals surface area contributed by atoms with Crippen LogP contribution in [0.2, 0.25) is 0 Å². The van der Waals surface area contributed by atoms with Crippen molar-refractivity contribution in [3.63, 3.8) is 0 Å². The molecule has 0 heterocycles.